The minimum absolute atomic E-state index is 0.341. The van der Waals surface area contributed by atoms with E-state index < -0.39 is 24.0 Å². The number of rotatable bonds is 4. The summed E-state index contributed by atoms with van der Waals surface area (Å²) in [4.78, 5) is 23.3. The summed E-state index contributed by atoms with van der Waals surface area (Å²) < 4.78 is 4.51. The molecule has 0 bridgehead atoms. The number of aliphatic hydroxyl groups excluding tert-OH is 1. The zero-order chi connectivity index (χ0) is 14.4. The van der Waals surface area contributed by atoms with Crippen molar-refractivity contribution in [3.05, 3.63) is 35.4 Å². The molecule has 0 fully saturated rings. The average Bonchev–Trinajstić information content (AvgIpc) is 2.43. The molecule has 5 nitrogen and oxygen atoms in total. The van der Waals surface area contributed by atoms with Gasteiger partial charge in [0.25, 0.3) is 5.91 Å². The van der Waals surface area contributed by atoms with Crippen LogP contribution in [0.15, 0.2) is 24.3 Å². The lowest BCUT2D eigenvalue weighted by molar-refractivity contribution is -0.145. The second-order valence-electron chi connectivity index (χ2n) is 3.94. The highest BCUT2D eigenvalue weighted by Crippen LogP contribution is 2.05. The van der Waals surface area contributed by atoms with Crippen LogP contribution in [0.5, 0.6) is 0 Å². The first-order valence-corrected chi connectivity index (χ1v) is 5.63. The first-order valence-electron chi connectivity index (χ1n) is 5.63. The van der Waals surface area contributed by atoms with Gasteiger partial charge in [-0.1, -0.05) is 5.92 Å². The predicted molar refractivity (Wildman–Crippen MR) is 69.3 cm³/mol. The second-order valence-corrected chi connectivity index (χ2v) is 3.94. The summed E-state index contributed by atoms with van der Waals surface area (Å²) in [6.07, 6.45) is 4.16. The lowest BCUT2D eigenvalue weighted by atomic mass is 10.1. The van der Waals surface area contributed by atoms with Gasteiger partial charge in [0, 0.05) is 11.1 Å². The smallest absolute Gasteiger partial charge is 0.331 e. The monoisotopic (exact) mass is 261 g/mol. The molecule has 2 N–H and O–H groups in total. The quantitative estimate of drug-likeness (QED) is 0.604. The van der Waals surface area contributed by atoms with Crippen molar-refractivity contribution >= 4 is 11.9 Å². The topological polar surface area (TPSA) is 75.6 Å². The summed E-state index contributed by atoms with van der Waals surface area (Å²) in [6.45, 7) is 1.39. The lowest BCUT2D eigenvalue weighted by Crippen LogP contribution is -2.48. The molecule has 0 aliphatic heterocycles. The van der Waals surface area contributed by atoms with Gasteiger partial charge in [0.1, 0.15) is 0 Å². The number of esters is 1. The highest BCUT2D eigenvalue weighted by molar-refractivity contribution is 5.97. The van der Waals surface area contributed by atoms with Gasteiger partial charge >= 0.3 is 5.97 Å². The van der Waals surface area contributed by atoms with Crippen LogP contribution in [0.25, 0.3) is 0 Å². The molecule has 1 amide bonds. The highest BCUT2D eigenvalue weighted by atomic mass is 16.5. The van der Waals surface area contributed by atoms with Crippen LogP contribution in [0.3, 0.4) is 0 Å². The van der Waals surface area contributed by atoms with Crippen molar-refractivity contribution in [1.82, 2.24) is 5.32 Å². The molecule has 5 heteroatoms. The van der Waals surface area contributed by atoms with E-state index in [2.05, 4.69) is 16.0 Å². The first-order chi connectivity index (χ1) is 8.99. The molecular formula is C14H15NO4. The zero-order valence-electron chi connectivity index (χ0n) is 10.7. The van der Waals surface area contributed by atoms with E-state index in [4.69, 9.17) is 6.42 Å². The van der Waals surface area contributed by atoms with Crippen molar-refractivity contribution in [2.75, 3.05) is 7.11 Å². The van der Waals surface area contributed by atoms with E-state index in [1.807, 2.05) is 0 Å². The Bertz CT molecular complexity index is 499. The number of carbonyl (C=O) groups is 2. The molecule has 2 atom stereocenters. The van der Waals surface area contributed by atoms with E-state index in [1.165, 1.54) is 14.0 Å². The maximum atomic E-state index is 11.9. The maximum absolute atomic E-state index is 11.9. The molecular weight excluding hydrogens is 246 g/mol. The predicted octanol–water partition coefficient (Wildman–Crippen LogP) is 0.320. The minimum atomic E-state index is -1.11. The number of terminal acetylenes is 1. The van der Waals surface area contributed by atoms with Gasteiger partial charge in [0.2, 0.25) is 0 Å². The number of aliphatic hydroxyl groups is 1. The van der Waals surface area contributed by atoms with Gasteiger partial charge in [-0.2, -0.15) is 0 Å². The minimum Gasteiger partial charge on any atom is -0.467 e. The Balaban J connectivity index is 2.82. The molecule has 0 aliphatic rings. The van der Waals surface area contributed by atoms with Crippen LogP contribution < -0.4 is 5.32 Å². The zero-order valence-corrected chi connectivity index (χ0v) is 10.7. The number of benzene rings is 1. The SMILES string of the molecule is C#Cc1ccc(C(=O)N[C@@H](C(=O)OC)[C@@H](C)O)cc1. The van der Waals surface area contributed by atoms with Crippen molar-refractivity contribution < 1.29 is 19.4 Å². The van der Waals surface area contributed by atoms with E-state index in [1.54, 1.807) is 24.3 Å². The van der Waals surface area contributed by atoms with Crippen LogP contribution in [-0.2, 0) is 9.53 Å². The normalized spacial score (nSPS) is 12.9. The summed E-state index contributed by atoms with van der Waals surface area (Å²) >= 11 is 0. The van der Waals surface area contributed by atoms with Crippen molar-refractivity contribution in [3.63, 3.8) is 0 Å². The third-order valence-corrected chi connectivity index (χ3v) is 2.54. The summed E-state index contributed by atoms with van der Waals surface area (Å²) in [5.74, 6) is 1.24. The fraction of sp³-hybridized carbons (Fsp3) is 0.286. The van der Waals surface area contributed by atoms with E-state index in [-0.39, 0.29) is 0 Å². The molecule has 0 aliphatic carbocycles. The molecule has 1 aromatic carbocycles. The Morgan fingerprint density at radius 1 is 1.37 bits per heavy atom. The maximum Gasteiger partial charge on any atom is 0.331 e. The summed E-state index contributed by atoms with van der Waals surface area (Å²) in [6, 6.07) is 5.21. The molecule has 1 aromatic rings. The summed E-state index contributed by atoms with van der Waals surface area (Å²) in [5, 5.41) is 11.9. The molecule has 0 radical (unpaired) electrons. The largest absolute Gasteiger partial charge is 0.467 e. The van der Waals surface area contributed by atoms with Gasteiger partial charge in [0.05, 0.1) is 13.2 Å². The van der Waals surface area contributed by atoms with Crippen LogP contribution in [0.2, 0.25) is 0 Å². The van der Waals surface area contributed by atoms with Crippen LogP contribution >= 0.6 is 0 Å². The van der Waals surface area contributed by atoms with Crippen molar-refractivity contribution in [2.24, 2.45) is 0 Å². The second kappa shape index (κ2) is 6.57. The number of hydrogen-bond donors (Lipinski definition) is 2. The Morgan fingerprint density at radius 3 is 2.37 bits per heavy atom. The van der Waals surface area contributed by atoms with Gasteiger partial charge in [-0.3, -0.25) is 4.79 Å². The first kappa shape index (κ1) is 14.7. The Labute approximate surface area is 111 Å². The van der Waals surface area contributed by atoms with Gasteiger partial charge in [-0.15, -0.1) is 6.42 Å². The number of hydrogen-bond acceptors (Lipinski definition) is 4. The standard InChI is InChI=1S/C14H15NO4/c1-4-10-5-7-11(8-6-10)13(17)15-12(9(2)16)14(18)19-3/h1,5-9,12,16H,2-3H3,(H,15,17)/t9-,12-/m1/s1. The number of methoxy groups -OCH3 is 1. The van der Waals surface area contributed by atoms with Crippen molar-refractivity contribution in [2.45, 2.75) is 19.1 Å². The summed E-state index contributed by atoms with van der Waals surface area (Å²) in [7, 11) is 1.19. The molecule has 0 saturated carbocycles. The lowest BCUT2D eigenvalue weighted by Gasteiger charge is -2.18. The van der Waals surface area contributed by atoms with E-state index >= 15 is 0 Å². The van der Waals surface area contributed by atoms with E-state index in [0.29, 0.717) is 11.1 Å². The third kappa shape index (κ3) is 3.83. The number of amides is 1. The highest BCUT2D eigenvalue weighted by Gasteiger charge is 2.26. The van der Waals surface area contributed by atoms with Crippen LogP contribution in [0.1, 0.15) is 22.8 Å². The van der Waals surface area contributed by atoms with Crippen LogP contribution in [0.4, 0.5) is 0 Å². The van der Waals surface area contributed by atoms with E-state index in [0.717, 1.165) is 0 Å². The van der Waals surface area contributed by atoms with Crippen molar-refractivity contribution in [3.8, 4) is 12.3 Å². The third-order valence-electron chi connectivity index (χ3n) is 2.54. The number of nitrogens with one attached hydrogen (secondary N) is 1. The fourth-order valence-electron chi connectivity index (χ4n) is 1.45. The van der Waals surface area contributed by atoms with E-state index in [9.17, 15) is 14.7 Å². The number of carbonyl (C=O) groups excluding carboxylic acids is 2. The molecule has 0 heterocycles. The van der Waals surface area contributed by atoms with Gasteiger partial charge in [-0.05, 0) is 31.2 Å². The Morgan fingerprint density at radius 2 is 1.95 bits per heavy atom. The Kier molecular flexibility index (Phi) is 5.10. The Hall–Kier alpha value is -2.32. The molecule has 0 saturated heterocycles. The van der Waals surface area contributed by atoms with Gasteiger partial charge in [0.15, 0.2) is 6.04 Å². The van der Waals surface area contributed by atoms with Crippen molar-refractivity contribution in [1.29, 1.82) is 0 Å². The average molecular weight is 261 g/mol. The van der Waals surface area contributed by atoms with Gasteiger partial charge in [-0.25, -0.2) is 4.79 Å². The number of ether oxygens (including phenoxy) is 1. The molecule has 0 spiro atoms. The molecule has 0 aromatic heterocycles. The molecule has 0 unspecified atom stereocenters. The van der Waals surface area contributed by atoms with Crippen LogP contribution in [0, 0.1) is 12.3 Å². The van der Waals surface area contributed by atoms with Gasteiger partial charge < -0.3 is 15.2 Å². The van der Waals surface area contributed by atoms with Crippen LogP contribution in [-0.4, -0.2) is 36.2 Å². The molecule has 1 rings (SSSR count). The fourth-order valence-corrected chi connectivity index (χ4v) is 1.45. The summed E-state index contributed by atoms with van der Waals surface area (Å²) in [5.41, 5.74) is 0.991. The molecule has 19 heavy (non-hydrogen) atoms. The molecule has 100 valence electrons.